The Kier molecular flexibility index (Phi) is 12.0. The fourth-order valence-electron chi connectivity index (χ4n) is 4.60. The van der Waals surface area contributed by atoms with Crippen LogP contribution in [-0.2, 0) is 28.7 Å². The topological polar surface area (TPSA) is 171 Å². The van der Waals surface area contributed by atoms with E-state index in [0.717, 1.165) is 17.9 Å². The zero-order valence-corrected chi connectivity index (χ0v) is 26.6. The van der Waals surface area contributed by atoms with E-state index in [0.29, 0.717) is 12.8 Å². The van der Waals surface area contributed by atoms with Gasteiger partial charge < -0.3 is 30.7 Å². The van der Waals surface area contributed by atoms with Crippen molar-refractivity contribution in [1.82, 2.24) is 20.9 Å². The number of hydrogen-bond donors (Lipinski definition) is 4. The van der Waals surface area contributed by atoms with Crippen molar-refractivity contribution in [3.05, 3.63) is 0 Å². The maximum atomic E-state index is 14.1. The summed E-state index contributed by atoms with van der Waals surface area (Å²) in [6.07, 6.45) is 1.22. The van der Waals surface area contributed by atoms with Gasteiger partial charge >= 0.3 is 12.1 Å². The van der Waals surface area contributed by atoms with Crippen LogP contribution in [0.2, 0.25) is 0 Å². The van der Waals surface area contributed by atoms with Crippen LogP contribution in [0, 0.1) is 5.41 Å². The third-order valence-corrected chi connectivity index (χ3v) is 9.84. The van der Waals surface area contributed by atoms with E-state index in [2.05, 4.69) is 10.6 Å². The molecule has 4 amide bonds. The Morgan fingerprint density at radius 1 is 1.02 bits per heavy atom. The average molecular weight is 617 g/mol. The number of carbonyl (C=O) groups is 6. The summed E-state index contributed by atoms with van der Waals surface area (Å²) in [6.45, 7) is 11.9. The molecule has 0 aromatic heterocycles. The van der Waals surface area contributed by atoms with Crippen LogP contribution in [0.15, 0.2) is 0 Å². The summed E-state index contributed by atoms with van der Waals surface area (Å²) >= 11 is 3.39. The van der Waals surface area contributed by atoms with Crippen LogP contribution >= 0.6 is 23.5 Å². The van der Waals surface area contributed by atoms with E-state index in [1.54, 1.807) is 51.2 Å². The van der Waals surface area contributed by atoms with Gasteiger partial charge in [-0.2, -0.15) is 0 Å². The first kappa shape index (κ1) is 34.7. The molecule has 12 nitrogen and oxygen atoms in total. The van der Waals surface area contributed by atoms with Crippen LogP contribution in [0.4, 0.5) is 4.79 Å². The van der Waals surface area contributed by atoms with Crippen molar-refractivity contribution in [3.8, 4) is 0 Å². The van der Waals surface area contributed by atoms with E-state index in [1.807, 2.05) is 26.1 Å². The van der Waals surface area contributed by atoms with Gasteiger partial charge in [-0.1, -0.05) is 34.1 Å². The number of aliphatic carboxylic acids is 1. The summed E-state index contributed by atoms with van der Waals surface area (Å²) < 4.78 is 4.98. The highest BCUT2D eigenvalue weighted by atomic mass is 32.2. The summed E-state index contributed by atoms with van der Waals surface area (Å²) in [5, 5.41) is 16.2. The van der Waals surface area contributed by atoms with Gasteiger partial charge in [-0.3, -0.25) is 24.0 Å². The predicted octanol–water partition coefficient (Wildman–Crippen LogP) is 2.15. The SMILES string of the molecule is CCCC(NC(=O)C1CC2(CN1C(=O)C(NC(=O)OC(C)(C)C)C(C)(C)C)SCCCS2)C(=O)C(=O)NCC(=O)O. The summed E-state index contributed by atoms with van der Waals surface area (Å²) in [4.78, 5) is 77.9. The first-order chi connectivity index (χ1) is 18.9. The number of amides is 4. The lowest BCUT2D eigenvalue weighted by Gasteiger charge is -2.36. The molecule has 2 fully saturated rings. The minimum Gasteiger partial charge on any atom is -0.480 e. The van der Waals surface area contributed by atoms with Gasteiger partial charge in [0.25, 0.3) is 5.91 Å². The third-order valence-electron chi connectivity index (χ3n) is 6.50. The Labute approximate surface area is 250 Å². The standard InChI is InChI=1S/C27H44N4O8S2/c1-8-10-16(19(34)22(36)28-14-18(32)33)29-21(35)17-13-27(40-11-9-12-41-27)15-31(17)23(37)20(25(2,3)4)30-24(38)39-26(5,6)7/h16-17,20H,8-15H2,1-7H3,(H,28,36)(H,29,35)(H,30,38)(H,32,33). The van der Waals surface area contributed by atoms with Crippen LogP contribution in [0.3, 0.4) is 0 Å². The lowest BCUT2D eigenvalue weighted by Crippen LogP contribution is -2.59. The first-order valence-electron chi connectivity index (χ1n) is 13.8. The fraction of sp³-hybridized carbons (Fsp3) is 0.778. The number of carboxylic acid groups (broad SMARTS) is 1. The molecule has 0 bridgehead atoms. The van der Waals surface area contributed by atoms with Gasteiger partial charge in [0.1, 0.15) is 24.2 Å². The Morgan fingerprint density at radius 2 is 1.63 bits per heavy atom. The summed E-state index contributed by atoms with van der Waals surface area (Å²) in [5.41, 5.74) is -1.50. The van der Waals surface area contributed by atoms with Gasteiger partial charge in [-0.25, -0.2) is 4.79 Å². The predicted molar refractivity (Wildman–Crippen MR) is 157 cm³/mol. The van der Waals surface area contributed by atoms with Crippen molar-refractivity contribution in [2.45, 2.75) is 102 Å². The number of ether oxygens (including phenoxy) is 1. The van der Waals surface area contributed by atoms with Crippen LogP contribution in [0.25, 0.3) is 0 Å². The molecule has 2 saturated heterocycles. The minimum atomic E-state index is -1.30. The van der Waals surface area contributed by atoms with Crippen LogP contribution in [-0.4, -0.2) is 98.0 Å². The number of rotatable bonds is 10. The van der Waals surface area contributed by atoms with Crippen molar-refractivity contribution in [1.29, 1.82) is 0 Å². The summed E-state index contributed by atoms with van der Waals surface area (Å²) in [7, 11) is 0. The second kappa shape index (κ2) is 14.1. The number of thioether (sulfide) groups is 2. The van der Waals surface area contributed by atoms with Crippen molar-refractivity contribution >= 4 is 59.1 Å². The lowest BCUT2D eigenvalue weighted by molar-refractivity contribution is -0.144. The minimum absolute atomic E-state index is 0.158. The van der Waals surface area contributed by atoms with Crippen LogP contribution in [0.5, 0.6) is 0 Å². The highest BCUT2D eigenvalue weighted by Crippen LogP contribution is 2.50. The molecule has 0 aliphatic carbocycles. The smallest absolute Gasteiger partial charge is 0.408 e. The molecule has 2 aliphatic heterocycles. The molecular weight excluding hydrogens is 572 g/mol. The third kappa shape index (κ3) is 10.1. The van der Waals surface area contributed by atoms with Crippen LogP contribution in [0.1, 0.15) is 74.1 Å². The van der Waals surface area contributed by atoms with E-state index >= 15 is 0 Å². The molecule has 2 rings (SSSR count). The molecule has 0 saturated carbocycles. The summed E-state index contributed by atoms with van der Waals surface area (Å²) in [5.74, 6) is -2.62. The number of nitrogens with one attached hydrogen (secondary N) is 3. The van der Waals surface area contributed by atoms with Crippen LogP contribution < -0.4 is 16.0 Å². The monoisotopic (exact) mass is 616 g/mol. The number of likely N-dealkylation sites (tertiary alicyclic amines) is 1. The van der Waals surface area contributed by atoms with Gasteiger partial charge in [-0.15, -0.1) is 23.5 Å². The first-order valence-corrected chi connectivity index (χ1v) is 15.8. The molecule has 3 atom stereocenters. The number of carboxylic acids is 1. The lowest BCUT2D eigenvalue weighted by atomic mass is 9.85. The highest BCUT2D eigenvalue weighted by molar-refractivity contribution is 8.18. The van der Waals surface area contributed by atoms with Crippen molar-refractivity contribution in [3.63, 3.8) is 0 Å². The average Bonchev–Trinajstić information content (AvgIpc) is 3.22. The molecule has 41 heavy (non-hydrogen) atoms. The van der Waals surface area contributed by atoms with Crippen molar-refractivity contribution in [2.24, 2.45) is 5.41 Å². The Hall–Kier alpha value is -2.48. The highest BCUT2D eigenvalue weighted by Gasteiger charge is 2.53. The summed E-state index contributed by atoms with van der Waals surface area (Å²) in [6, 6.07) is -3.13. The molecule has 14 heteroatoms. The number of ketones is 1. The van der Waals surface area contributed by atoms with Crippen molar-refractivity contribution in [2.75, 3.05) is 24.6 Å². The number of Topliss-reactive ketones (excluding diaryl/α,β-unsaturated/α-hetero) is 1. The van der Waals surface area contributed by atoms with E-state index < -0.39 is 75.3 Å². The second-order valence-electron chi connectivity index (χ2n) is 12.4. The normalized spacial score (nSPS) is 20.1. The quantitative estimate of drug-likeness (QED) is 0.267. The molecule has 2 heterocycles. The zero-order chi connectivity index (χ0) is 31.2. The zero-order valence-electron chi connectivity index (χ0n) is 25.0. The molecule has 3 unspecified atom stereocenters. The Morgan fingerprint density at radius 3 is 2.15 bits per heavy atom. The van der Waals surface area contributed by atoms with E-state index in [4.69, 9.17) is 9.84 Å². The largest absolute Gasteiger partial charge is 0.480 e. The fourth-order valence-corrected chi connectivity index (χ4v) is 7.95. The molecule has 0 aromatic rings. The van der Waals surface area contributed by atoms with Crippen molar-refractivity contribution < 1.29 is 38.6 Å². The van der Waals surface area contributed by atoms with Gasteiger partial charge in [-0.05, 0) is 50.5 Å². The second-order valence-corrected chi connectivity index (χ2v) is 15.6. The maximum Gasteiger partial charge on any atom is 0.408 e. The van der Waals surface area contributed by atoms with E-state index in [1.165, 1.54) is 4.90 Å². The molecule has 4 N–H and O–H groups in total. The number of carbonyl (C=O) groups excluding carboxylic acids is 5. The number of alkyl carbamates (subject to hydrolysis) is 1. The molecule has 232 valence electrons. The van der Waals surface area contributed by atoms with E-state index in [9.17, 15) is 28.8 Å². The molecular formula is C27H44N4O8S2. The Bertz CT molecular complexity index is 1020. The molecule has 1 spiro atoms. The molecule has 2 aliphatic rings. The van der Waals surface area contributed by atoms with Gasteiger partial charge in [0.05, 0.1) is 10.1 Å². The van der Waals surface area contributed by atoms with Gasteiger partial charge in [0.2, 0.25) is 17.6 Å². The molecule has 0 aromatic carbocycles. The molecule has 0 radical (unpaired) electrons. The van der Waals surface area contributed by atoms with Gasteiger partial charge in [0, 0.05) is 13.0 Å². The van der Waals surface area contributed by atoms with E-state index in [-0.39, 0.29) is 13.0 Å². The maximum absolute atomic E-state index is 14.1. The Balaban J connectivity index is 2.35. The number of nitrogens with zero attached hydrogens (tertiary/aromatic N) is 1. The van der Waals surface area contributed by atoms with Gasteiger partial charge in [0.15, 0.2) is 0 Å². The number of hydrogen-bond acceptors (Lipinski definition) is 9.